The maximum Gasteiger partial charge on any atom is 0.231 e. The van der Waals surface area contributed by atoms with Gasteiger partial charge in [-0.3, -0.25) is 0 Å². The highest BCUT2D eigenvalue weighted by Gasteiger charge is 2.19. The summed E-state index contributed by atoms with van der Waals surface area (Å²) in [4.78, 5) is 0. The molecule has 0 fully saturated rings. The smallest absolute Gasteiger partial charge is 0.231 e. The number of aromatic nitrogens is 1. The fourth-order valence-electron chi connectivity index (χ4n) is 2.88. The molecule has 2 nitrogen and oxygen atoms in total. The molecule has 0 aliphatic carbocycles. The Morgan fingerprint density at radius 3 is 2.67 bits per heavy atom. The molecule has 4 aromatic rings. The van der Waals surface area contributed by atoms with Gasteiger partial charge in [0.2, 0.25) is 11.0 Å². The standard InChI is InChI=1S/C17H14NOS.HI/c1-18-13-8-4-3-6-11(13)10-15-16(18)12-7-5-9-14(19-2)17(12)20-15;/h3-10H,1-2H3;1H/q+1;/p-1. The number of benzene rings is 2. The molecule has 0 aliphatic heterocycles. The Balaban J connectivity index is 0.00000132. The molecule has 0 radical (unpaired) electrons. The first kappa shape index (κ1) is 14.5. The molecule has 0 amide bonds. The Hall–Kier alpha value is -1.40. The number of rotatable bonds is 1. The molecule has 4 heteroatoms. The zero-order valence-corrected chi connectivity index (χ0v) is 14.7. The van der Waals surface area contributed by atoms with E-state index in [9.17, 15) is 0 Å². The summed E-state index contributed by atoms with van der Waals surface area (Å²) in [6.45, 7) is 0. The van der Waals surface area contributed by atoms with E-state index in [-0.39, 0.29) is 24.0 Å². The number of para-hydroxylation sites is 1. The van der Waals surface area contributed by atoms with Gasteiger partial charge < -0.3 is 28.7 Å². The minimum absolute atomic E-state index is 0. The Kier molecular flexibility index (Phi) is 3.75. The van der Waals surface area contributed by atoms with Crippen LogP contribution < -0.4 is 33.3 Å². The third-order valence-corrected chi connectivity index (χ3v) is 4.98. The van der Waals surface area contributed by atoms with Gasteiger partial charge in [-0.15, -0.1) is 11.3 Å². The summed E-state index contributed by atoms with van der Waals surface area (Å²) in [7, 11) is 3.87. The van der Waals surface area contributed by atoms with Crippen LogP contribution >= 0.6 is 11.3 Å². The number of ether oxygens (including phenoxy) is 1. The van der Waals surface area contributed by atoms with Crippen LogP contribution in [0.25, 0.3) is 31.2 Å². The number of halogens is 1. The molecule has 0 bridgehead atoms. The van der Waals surface area contributed by atoms with Gasteiger partial charge in [0.15, 0.2) is 0 Å². The highest BCUT2D eigenvalue weighted by atomic mass is 127. The minimum Gasteiger partial charge on any atom is -1.00 e. The zero-order chi connectivity index (χ0) is 13.7. The monoisotopic (exact) mass is 407 g/mol. The number of pyridine rings is 1. The molecule has 21 heavy (non-hydrogen) atoms. The van der Waals surface area contributed by atoms with E-state index in [1.54, 1.807) is 18.4 Å². The van der Waals surface area contributed by atoms with Crippen LogP contribution in [0.1, 0.15) is 0 Å². The summed E-state index contributed by atoms with van der Waals surface area (Å²) in [6, 6.07) is 17.0. The molecule has 0 N–H and O–H groups in total. The van der Waals surface area contributed by atoms with E-state index in [0.717, 1.165) is 5.75 Å². The summed E-state index contributed by atoms with van der Waals surface area (Å²) >= 11 is 1.80. The van der Waals surface area contributed by atoms with E-state index < -0.39 is 0 Å². The third kappa shape index (κ3) is 2.08. The first-order chi connectivity index (χ1) is 9.79. The summed E-state index contributed by atoms with van der Waals surface area (Å²) < 4.78 is 10.3. The summed E-state index contributed by atoms with van der Waals surface area (Å²) in [5.41, 5.74) is 2.53. The van der Waals surface area contributed by atoms with Gasteiger partial charge in [0.05, 0.1) is 17.2 Å². The van der Waals surface area contributed by atoms with E-state index >= 15 is 0 Å². The fourth-order valence-corrected chi connectivity index (χ4v) is 4.16. The molecule has 2 aromatic carbocycles. The predicted molar refractivity (Wildman–Crippen MR) is 84.6 cm³/mol. The molecular weight excluding hydrogens is 393 g/mol. The van der Waals surface area contributed by atoms with Crippen LogP contribution in [-0.4, -0.2) is 7.11 Å². The van der Waals surface area contributed by atoms with Gasteiger partial charge in [0, 0.05) is 11.5 Å². The van der Waals surface area contributed by atoms with E-state index in [4.69, 9.17) is 4.74 Å². The van der Waals surface area contributed by atoms with Gasteiger partial charge in [-0.25, -0.2) is 0 Å². The zero-order valence-electron chi connectivity index (χ0n) is 11.8. The van der Waals surface area contributed by atoms with Crippen molar-refractivity contribution >= 4 is 42.5 Å². The van der Waals surface area contributed by atoms with Gasteiger partial charge in [-0.05, 0) is 24.3 Å². The Labute approximate surface area is 144 Å². The van der Waals surface area contributed by atoms with Crippen LogP contribution in [0, 0.1) is 0 Å². The van der Waals surface area contributed by atoms with Crippen molar-refractivity contribution in [3.05, 3.63) is 48.5 Å². The normalized spacial score (nSPS) is 11.0. The number of aryl methyl sites for hydroxylation is 1. The number of thiophene rings is 1. The summed E-state index contributed by atoms with van der Waals surface area (Å²) in [6.07, 6.45) is 0. The lowest BCUT2D eigenvalue weighted by atomic mass is 10.1. The maximum absolute atomic E-state index is 5.50. The van der Waals surface area contributed by atoms with Gasteiger partial charge in [-0.2, -0.15) is 4.57 Å². The van der Waals surface area contributed by atoms with Crippen molar-refractivity contribution in [1.29, 1.82) is 0 Å². The topological polar surface area (TPSA) is 13.1 Å². The average Bonchev–Trinajstić information content (AvgIpc) is 2.85. The van der Waals surface area contributed by atoms with Crippen molar-refractivity contribution in [2.45, 2.75) is 0 Å². The fraction of sp³-hybridized carbons (Fsp3) is 0.118. The number of hydrogen-bond donors (Lipinski definition) is 0. The number of hydrogen-bond acceptors (Lipinski definition) is 2. The molecule has 0 spiro atoms. The van der Waals surface area contributed by atoms with Crippen LogP contribution in [-0.2, 0) is 7.05 Å². The van der Waals surface area contributed by atoms with Crippen molar-refractivity contribution in [3.8, 4) is 5.75 Å². The Bertz CT molecular complexity index is 961. The molecule has 2 heterocycles. The molecule has 4 rings (SSSR count). The van der Waals surface area contributed by atoms with Crippen molar-refractivity contribution in [2.24, 2.45) is 7.05 Å². The van der Waals surface area contributed by atoms with Crippen molar-refractivity contribution in [1.82, 2.24) is 0 Å². The largest absolute Gasteiger partial charge is 1.00 e. The van der Waals surface area contributed by atoms with Crippen molar-refractivity contribution in [3.63, 3.8) is 0 Å². The highest BCUT2D eigenvalue weighted by molar-refractivity contribution is 7.26. The van der Waals surface area contributed by atoms with Gasteiger partial charge >= 0.3 is 0 Å². The summed E-state index contributed by atoms with van der Waals surface area (Å²) in [5.74, 6) is 0.952. The van der Waals surface area contributed by atoms with Crippen LogP contribution in [0.2, 0.25) is 0 Å². The van der Waals surface area contributed by atoms with Gasteiger partial charge in [0.25, 0.3) is 0 Å². The van der Waals surface area contributed by atoms with Gasteiger partial charge in [0.1, 0.15) is 17.5 Å². The highest BCUT2D eigenvalue weighted by Crippen LogP contribution is 2.38. The average molecular weight is 407 g/mol. The van der Waals surface area contributed by atoms with E-state index in [0.29, 0.717) is 0 Å². The van der Waals surface area contributed by atoms with Crippen LogP contribution in [0.4, 0.5) is 0 Å². The molecule has 0 atom stereocenters. The second-order valence-corrected chi connectivity index (χ2v) is 5.97. The molecule has 0 saturated heterocycles. The van der Waals surface area contributed by atoms with Crippen molar-refractivity contribution < 1.29 is 33.3 Å². The number of methoxy groups -OCH3 is 1. The minimum atomic E-state index is 0. The SMILES string of the molecule is COc1cccc2c1sc1cc3ccccc3[n+](C)c12.[I-]. The Morgan fingerprint density at radius 1 is 1.05 bits per heavy atom. The van der Waals surface area contributed by atoms with Crippen LogP contribution in [0.15, 0.2) is 48.5 Å². The lowest BCUT2D eigenvalue weighted by Gasteiger charge is -2.00. The molecular formula is C17H14INOS. The lowest BCUT2D eigenvalue weighted by Crippen LogP contribution is -3.00. The van der Waals surface area contributed by atoms with Crippen LogP contribution in [0.5, 0.6) is 5.75 Å². The first-order valence-corrected chi connectivity index (χ1v) is 7.38. The second kappa shape index (κ2) is 5.42. The van der Waals surface area contributed by atoms with E-state index in [1.165, 1.54) is 31.2 Å². The molecule has 0 unspecified atom stereocenters. The second-order valence-electron chi connectivity index (χ2n) is 4.91. The number of fused-ring (bicyclic) bond motifs is 4. The quantitative estimate of drug-likeness (QED) is 0.340. The van der Waals surface area contributed by atoms with E-state index in [2.05, 4.69) is 54.1 Å². The van der Waals surface area contributed by atoms with E-state index in [1.807, 2.05) is 6.07 Å². The third-order valence-electron chi connectivity index (χ3n) is 3.82. The molecule has 0 aliphatic rings. The van der Waals surface area contributed by atoms with Gasteiger partial charge in [-0.1, -0.05) is 18.2 Å². The summed E-state index contributed by atoms with van der Waals surface area (Å²) in [5, 5.41) is 2.53. The predicted octanol–water partition coefficient (Wildman–Crippen LogP) is 1.04. The Morgan fingerprint density at radius 2 is 1.86 bits per heavy atom. The van der Waals surface area contributed by atoms with Crippen LogP contribution in [0.3, 0.4) is 0 Å². The molecule has 2 aromatic heterocycles. The molecule has 0 saturated carbocycles. The van der Waals surface area contributed by atoms with Crippen molar-refractivity contribution in [2.75, 3.05) is 7.11 Å². The lowest BCUT2D eigenvalue weighted by molar-refractivity contribution is -0.616. The first-order valence-electron chi connectivity index (χ1n) is 6.56. The molecule has 106 valence electrons. The number of nitrogens with zero attached hydrogens (tertiary/aromatic N) is 1. The maximum atomic E-state index is 5.50.